The van der Waals surface area contributed by atoms with Gasteiger partial charge in [0.15, 0.2) is 0 Å². The lowest BCUT2D eigenvalue weighted by Crippen LogP contribution is -2.35. The summed E-state index contributed by atoms with van der Waals surface area (Å²) in [6, 6.07) is 8.65. The minimum atomic E-state index is 0.809. The van der Waals surface area contributed by atoms with Gasteiger partial charge in [-0.1, -0.05) is 28.1 Å². The number of likely N-dealkylation sites (tertiary alicyclic amines) is 1. The maximum Gasteiger partial charge on any atom is 0.0233 e. The van der Waals surface area contributed by atoms with Crippen molar-refractivity contribution in [3.05, 3.63) is 34.3 Å². The first-order valence-electron chi connectivity index (χ1n) is 6.45. The van der Waals surface area contributed by atoms with E-state index in [9.17, 15) is 0 Å². The molecule has 1 atom stereocenters. The molecule has 94 valence electrons. The van der Waals surface area contributed by atoms with Crippen LogP contribution in [0.15, 0.2) is 28.7 Å². The second-order valence-electron chi connectivity index (χ2n) is 4.95. The van der Waals surface area contributed by atoms with Crippen LogP contribution in [0.5, 0.6) is 0 Å². The van der Waals surface area contributed by atoms with Crippen molar-refractivity contribution in [2.24, 2.45) is 11.7 Å². The molecule has 0 aromatic heterocycles. The molecule has 0 radical (unpaired) electrons. The molecule has 1 aromatic rings. The Morgan fingerprint density at radius 1 is 1.29 bits per heavy atom. The van der Waals surface area contributed by atoms with Gasteiger partial charge in [0, 0.05) is 17.6 Å². The number of hydrogen-bond acceptors (Lipinski definition) is 2. The summed E-state index contributed by atoms with van der Waals surface area (Å²) in [5.41, 5.74) is 7.05. The minimum absolute atomic E-state index is 0.809. The van der Waals surface area contributed by atoms with Crippen LogP contribution in [0.3, 0.4) is 0 Å². The number of rotatable bonds is 4. The maximum atomic E-state index is 5.65. The number of hydrogen-bond donors (Lipinski definition) is 1. The lowest BCUT2D eigenvalue weighted by Gasteiger charge is -2.32. The van der Waals surface area contributed by atoms with Gasteiger partial charge in [-0.25, -0.2) is 0 Å². The molecule has 1 saturated heterocycles. The summed E-state index contributed by atoms with van der Waals surface area (Å²) in [5.74, 6) is 0.809. The third kappa shape index (κ3) is 4.09. The van der Waals surface area contributed by atoms with Gasteiger partial charge in [0.1, 0.15) is 0 Å². The van der Waals surface area contributed by atoms with Crippen LogP contribution in [0.2, 0.25) is 0 Å². The van der Waals surface area contributed by atoms with Gasteiger partial charge in [-0.3, -0.25) is 4.90 Å². The van der Waals surface area contributed by atoms with E-state index in [2.05, 4.69) is 45.1 Å². The van der Waals surface area contributed by atoms with Crippen LogP contribution >= 0.6 is 15.9 Å². The van der Waals surface area contributed by atoms with E-state index in [-0.39, 0.29) is 0 Å². The Balaban J connectivity index is 1.87. The van der Waals surface area contributed by atoms with E-state index < -0.39 is 0 Å². The number of benzene rings is 1. The molecule has 3 heteroatoms. The van der Waals surface area contributed by atoms with Crippen LogP contribution in [0.25, 0.3) is 0 Å². The van der Waals surface area contributed by atoms with E-state index in [1.165, 1.54) is 37.9 Å². The number of nitrogens with two attached hydrogens (primary N) is 1. The number of nitrogens with zero attached hydrogens (tertiary/aromatic N) is 1. The molecule has 1 heterocycles. The highest BCUT2D eigenvalue weighted by Crippen LogP contribution is 2.21. The highest BCUT2D eigenvalue weighted by molar-refractivity contribution is 9.10. The summed E-state index contributed by atoms with van der Waals surface area (Å²) < 4.78 is 1.15. The summed E-state index contributed by atoms with van der Waals surface area (Å²) in [4.78, 5) is 2.56. The van der Waals surface area contributed by atoms with Gasteiger partial charge in [-0.05, 0) is 56.0 Å². The van der Waals surface area contributed by atoms with Crippen LogP contribution < -0.4 is 5.73 Å². The van der Waals surface area contributed by atoms with E-state index in [4.69, 9.17) is 5.73 Å². The molecule has 1 fully saturated rings. The van der Waals surface area contributed by atoms with E-state index >= 15 is 0 Å². The van der Waals surface area contributed by atoms with Gasteiger partial charge in [-0.15, -0.1) is 0 Å². The van der Waals surface area contributed by atoms with Gasteiger partial charge in [0.25, 0.3) is 0 Å². The third-order valence-corrected chi connectivity index (χ3v) is 4.03. The van der Waals surface area contributed by atoms with Crippen LogP contribution in [0.4, 0.5) is 0 Å². The van der Waals surface area contributed by atoms with Crippen molar-refractivity contribution < 1.29 is 0 Å². The third-order valence-electron chi connectivity index (χ3n) is 3.50. The molecule has 0 saturated carbocycles. The largest absolute Gasteiger partial charge is 0.330 e. The molecule has 0 aliphatic carbocycles. The normalized spacial score (nSPS) is 21.6. The predicted molar refractivity (Wildman–Crippen MR) is 75.8 cm³/mol. The Labute approximate surface area is 112 Å². The molecular weight excluding hydrogens is 276 g/mol. The van der Waals surface area contributed by atoms with E-state index in [0.717, 1.165) is 23.5 Å². The Morgan fingerprint density at radius 2 is 2.06 bits per heavy atom. The summed E-state index contributed by atoms with van der Waals surface area (Å²) in [6.45, 7) is 4.36. The second-order valence-corrected chi connectivity index (χ2v) is 5.86. The molecule has 0 bridgehead atoms. The highest BCUT2D eigenvalue weighted by atomic mass is 79.9. The van der Waals surface area contributed by atoms with Gasteiger partial charge in [-0.2, -0.15) is 0 Å². The van der Waals surface area contributed by atoms with Crippen molar-refractivity contribution in [3.8, 4) is 0 Å². The number of halogens is 1. The monoisotopic (exact) mass is 296 g/mol. The average molecular weight is 297 g/mol. The highest BCUT2D eigenvalue weighted by Gasteiger charge is 2.18. The molecule has 1 aromatic carbocycles. The van der Waals surface area contributed by atoms with Crippen LogP contribution in [0, 0.1) is 5.92 Å². The first kappa shape index (κ1) is 13.1. The summed E-state index contributed by atoms with van der Waals surface area (Å²) in [5, 5.41) is 0. The molecule has 2 nitrogen and oxygen atoms in total. The summed E-state index contributed by atoms with van der Waals surface area (Å²) >= 11 is 3.47. The van der Waals surface area contributed by atoms with E-state index in [1.807, 2.05) is 0 Å². The Morgan fingerprint density at radius 3 is 2.76 bits per heavy atom. The lowest BCUT2D eigenvalue weighted by molar-refractivity contribution is 0.163. The van der Waals surface area contributed by atoms with Crippen LogP contribution in [-0.2, 0) is 6.54 Å². The predicted octanol–water partition coefficient (Wildman–Crippen LogP) is 3.01. The molecule has 0 spiro atoms. The molecule has 2 rings (SSSR count). The molecule has 1 aliphatic rings. The maximum absolute atomic E-state index is 5.65. The standard InChI is InChI=1S/C14H21BrN2/c15-14-5-3-13(4-6-14)11-17-9-1-2-12(10-17)7-8-16/h3-6,12H,1-2,7-11,16H2. The smallest absolute Gasteiger partial charge is 0.0233 e. The van der Waals surface area contributed by atoms with Crippen LogP contribution in [-0.4, -0.2) is 24.5 Å². The molecule has 17 heavy (non-hydrogen) atoms. The summed E-state index contributed by atoms with van der Waals surface area (Å²) in [6.07, 6.45) is 3.85. The van der Waals surface area contributed by atoms with Gasteiger partial charge < -0.3 is 5.73 Å². The van der Waals surface area contributed by atoms with Crippen LogP contribution in [0.1, 0.15) is 24.8 Å². The van der Waals surface area contributed by atoms with Gasteiger partial charge >= 0.3 is 0 Å². The first-order chi connectivity index (χ1) is 8.28. The summed E-state index contributed by atoms with van der Waals surface area (Å²) in [7, 11) is 0. The topological polar surface area (TPSA) is 29.3 Å². The Hall–Kier alpha value is -0.380. The lowest BCUT2D eigenvalue weighted by atomic mass is 9.94. The van der Waals surface area contributed by atoms with Crippen molar-refractivity contribution in [3.63, 3.8) is 0 Å². The van der Waals surface area contributed by atoms with E-state index in [1.54, 1.807) is 0 Å². The van der Waals surface area contributed by atoms with Crippen molar-refractivity contribution in [2.75, 3.05) is 19.6 Å². The zero-order valence-corrected chi connectivity index (χ0v) is 11.8. The van der Waals surface area contributed by atoms with Gasteiger partial charge in [0.05, 0.1) is 0 Å². The molecule has 1 unspecified atom stereocenters. The fourth-order valence-electron chi connectivity index (χ4n) is 2.61. The molecule has 2 N–H and O–H groups in total. The SMILES string of the molecule is NCCC1CCCN(Cc2ccc(Br)cc2)C1. The van der Waals surface area contributed by atoms with Crippen molar-refractivity contribution in [2.45, 2.75) is 25.8 Å². The second kappa shape index (κ2) is 6.53. The Kier molecular flexibility index (Phi) is 5.01. The van der Waals surface area contributed by atoms with Crippen molar-refractivity contribution in [1.82, 2.24) is 4.90 Å². The van der Waals surface area contributed by atoms with Gasteiger partial charge in [0.2, 0.25) is 0 Å². The quantitative estimate of drug-likeness (QED) is 0.925. The van der Waals surface area contributed by atoms with Crippen molar-refractivity contribution >= 4 is 15.9 Å². The first-order valence-corrected chi connectivity index (χ1v) is 7.24. The zero-order chi connectivity index (χ0) is 12.1. The Bertz CT molecular complexity index is 335. The van der Waals surface area contributed by atoms with Crippen molar-refractivity contribution in [1.29, 1.82) is 0 Å². The van der Waals surface area contributed by atoms with E-state index in [0.29, 0.717) is 0 Å². The molecule has 0 amide bonds. The fraction of sp³-hybridized carbons (Fsp3) is 0.571. The number of piperidine rings is 1. The molecular formula is C14H21BrN2. The zero-order valence-electron chi connectivity index (χ0n) is 10.2. The fourth-order valence-corrected chi connectivity index (χ4v) is 2.88. The minimum Gasteiger partial charge on any atom is -0.330 e. The average Bonchev–Trinajstić information content (AvgIpc) is 2.33. The molecule has 1 aliphatic heterocycles.